The molecule has 3 aromatic rings. The quantitative estimate of drug-likeness (QED) is 0.566. The van der Waals surface area contributed by atoms with Crippen LogP contribution in [0.15, 0.2) is 30.7 Å². The molecule has 184 valence electrons. The number of carbonyl (C=O) groups excluding carboxylic acids is 1. The highest BCUT2D eigenvalue weighted by Crippen LogP contribution is 2.54. The van der Waals surface area contributed by atoms with Crippen molar-refractivity contribution in [2.45, 2.75) is 38.2 Å². The summed E-state index contributed by atoms with van der Waals surface area (Å²) in [7, 11) is 2.95. The van der Waals surface area contributed by atoms with Crippen LogP contribution in [0, 0.1) is 12.8 Å². The van der Waals surface area contributed by atoms with Gasteiger partial charge >= 0.3 is 6.18 Å². The molecule has 1 aliphatic carbocycles. The number of nitrogens with zero attached hydrogens (tertiary/aromatic N) is 5. The maximum atomic E-state index is 13.5. The molecule has 9 nitrogen and oxygen atoms in total. The summed E-state index contributed by atoms with van der Waals surface area (Å²) in [4.78, 5) is 23.5. The summed E-state index contributed by atoms with van der Waals surface area (Å²) in [5, 5.41) is 15.7. The van der Waals surface area contributed by atoms with Crippen LogP contribution in [0.2, 0.25) is 0 Å². The second-order valence-electron chi connectivity index (χ2n) is 8.64. The molecule has 0 aromatic carbocycles. The fourth-order valence-corrected chi connectivity index (χ4v) is 4.52. The highest BCUT2D eigenvalue weighted by Gasteiger charge is 2.59. The van der Waals surface area contributed by atoms with Crippen LogP contribution < -0.4 is 14.4 Å². The molecule has 1 atom stereocenters. The number of alkyl halides is 3. The predicted octanol–water partition coefficient (Wildman–Crippen LogP) is 3.44. The maximum Gasteiger partial charge on any atom is 0.408 e. The van der Waals surface area contributed by atoms with E-state index in [4.69, 9.17) is 9.47 Å². The van der Waals surface area contributed by atoms with E-state index in [-0.39, 0.29) is 22.9 Å². The summed E-state index contributed by atoms with van der Waals surface area (Å²) >= 11 is 0. The molecule has 0 spiro atoms. The van der Waals surface area contributed by atoms with E-state index >= 15 is 0 Å². The van der Waals surface area contributed by atoms with Crippen LogP contribution in [0.3, 0.4) is 0 Å². The first-order valence-corrected chi connectivity index (χ1v) is 10.8. The summed E-state index contributed by atoms with van der Waals surface area (Å²) in [6, 6.07) is 3.38. The first-order chi connectivity index (χ1) is 16.6. The van der Waals surface area contributed by atoms with Crippen LogP contribution in [0.4, 0.5) is 18.9 Å². The summed E-state index contributed by atoms with van der Waals surface area (Å²) < 4.78 is 49.7. The van der Waals surface area contributed by atoms with Gasteiger partial charge in [0.15, 0.2) is 11.5 Å². The number of rotatable bonds is 6. The number of hydrogen-bond acceptors (Lipinski definition) is 7. The van der Waals surface area contributed by atoms with Gasteiger partial charge in [-0.25, -0.2) is 9.97 Å². The normalized spacial score (nSPS) is 19.7. The zero-order chi connectivity index (χ0) is 25.1. The third-order valence-electron chi connectivity index (χ3n) is 6.22. The second kappa shape index (κ2) is 7.94. The van der Waals surface area contributed by atoms with Gasteiger partial charge in [0.1, 0.15) is 12.2 Å². The summed E-state index contributed by atoms with van der Waals surface area (Å²) in [5.41, 5.74) is 0.239. The Kier molecular flexibility index (Phi) is 5.24. The highest BCUT2D eigenvalue weighted by atomic mass is 19.4. The minimum absolute atomic E-state index is 0.0698. The first kappa shape index (κ1) is 23.1. The number of ether oxygens (including phenoxy) is 2. The Balaban J connectivity index is 1.61. The number of fused-ring (bicyclic) bond motifs is 1. The summed E-state index contributed by atoms with van der Waals surface area (Å²) in [5.74, 6) is -0.176. The van der Waals surface area contributed by atoms with Crippen LogP contribution in [-0.2, 0) is 12.3 Å². The van der Waals surface area contributed by atoms with Crippen LogP contribution in [0.25, 0.3) is 11.3 Å². The van der Waals surface area contributed by atoms with E-state index < -0.39 is 24.4 Å². The number of methoxy groups -OCH3 is 2. The number of aryl methyl sites for hydroxylation is 1. The van der Waals surface area contributed by atoms with Crippen molar-refractivity contribution < 1.29 is 32.5 Å². The second-order valence-corrected chi connectivity index (χ2v) is 8.64. The van der Waals surface area contributed by atoms with Crippen molar-refractivity contribution >= 4 is 11.6 Å². The fraction of sp³-hybridized carbons (Fsp3) is 0.391. The number of amides is 1. The number of aromatic nitrogens is 4. The third kappa shape index (κ3) is 3.77. The van der Waals surface area contributed by atoms with Crippen LogP contribution in [0.5, 0.6) is 11.6 Å². The molecule has 0 radical (unpaired) electrons. The summed E-state index contributed by atoms with van der Waals surface area (Å²) in [6.45, 7) is 0.414. The largest absolute Gasteiger partial charge is 0.491 e. The zero-order valence-electron chi connectivity index (χ0n) is 19.1. The molecule has 3 aromatic heterocycles. The molecular weight excluding hydrogens is 467 g/mol. The first-order valence-electron chi connectivity index (χ1n) is 10.8. The van der Waals surface area contributed by atoms with E-state index in [9.17, 15) is 23.1 Å². The number of hydrogen-bond donors (Lipinski definition) is 1. The van der Waals surface area contributed by atoms with Crippen molar-refractivity contribution in [1.29, 1.82) is 0 Å². The lowest BCUT2D eigenvalue weighted by Gasteiger charge is -2.33. The molecule has 0 saturated heterocycles. The van der Waals surface area contributed by atoms with E-state index in [1.165, 1.54) is 14.2 Å². The van der Waals surface area contributed by atoms with Crippen molar-refractivity contribution in [2.24, 2.45) is 5.92 Å². The van der Waals surface area contributed by atoms with E-state index in [1.54, 1.807) is 25.3 Å². The van der Waals surface area contributed by atoms with Gasteiger partial charge in [0.2, 0.25) is 0 Å². The highest BCUT2D eigenvalue weighted by molar-refractivity contribution is 6.12. The Labute approximate surface area is 198 Å². The van der Waals surface area contributed by atoms with Gasteiger partial charge in [-0.1, -0.05) is 0 Å². The van der Waals surface area contributed by atoms with E-state index in [1.807, 2.05) is 0 Å². The number of halogens is 3. The van der Waals surface area contributed by atoms with E-state index in [2.05, 4.69) is 15.1 Å². The number of anilines is 1. The van der Waals surface area contributed by atoms with Crippen molar-refractivity contribution in [2.75, 3.05) is 19.1 Å². The predicted molar refractivity (Wildman–Crippen MR) is 117 cm³/mol. The molecule has 1 aliphatic heterocycles. The molecule has 1 unspecified atom stereocenters. The Morgan fingerprint density at radius 3 is 2.57 bits per heavy atom. The lowest BCUT2D eigenvalue weighted by molar-refractivity contribution is -0.142. The van der Waals surface area contributed by atoms with Crippen LogP contribution in [-0.4, -0.2) is 51.2 Å². The Morgan fingerprint density at radius 2 is 1.94 bits per heavy atom. The Bertz CT molecular complexity index is 1320. The molecule has 1 fully saturated rings. The Hall–Kier alpha value is -3.67. The van der Waals surface area contributed by atoms with Gasteiger partial charge in [0.25, 0.3) is 11.8 Å². The van der Waals surface area contributed by atoms with E-state index in [0.29, 0.717) is 46.0 Å². The van der Waals surface area contributed by atoms with Crippen LogP contribution in [0.1, 0.15) is 34.5 Å². The van der Waals surface area contributed by atoms with Gasteiger partial charge in [0, 0.05) is 23.9 Å². The van der Waals surface area contributed by atoms with Crippen molar-refractivity contribution in [3.63, 3.8) is 0 Å². The lowest BCUT2D eigenvalue weighted by atomic mass is 9.98. The topological polar surface area (TPSA) is 103 Å². The monoisotopic (exact) mass is 489 g/mol. The minimum Gasteiger partial charge on any atom is -0.491 e. The molecule has 5 rings (SSSR count). The molecule has 2 aliphatic rings. The SMILES string of the molecule is COc1cc(-c2cc(C)c3c(n2)C(O)(C2CC2)N(c2cnn(CC(F)(F)F)c2)C3=O)cnc1OC. The molecular formula is C23H22F3N5O4. The molecule has 1 N–H and O–H groups in total. The summed E-state index contributed by atoms with van der Waals surface area (Å²) in [6.07, 6.45) is 0.602. The lowest BCUT2D eigenvalue weighted by Crippen LogP contribution is -2.46. The molecule has 1 saturated carbocycles. The molecule has 4 heterocycles. The fourth-order valence-electron chi connectivity index (χ4n) is 4.52. The zero-order valence-corrected chi connectivity index (χ0v) is 19.1. The average molecular weight is 489 g/mol. The van der Waals surface area contributed by atoms with Gasteiger partial charge < -0.3 is 14.6 Å². The van der Waals surface area contributed by atoms with Crippen LogP contribution >= 0.6 is 0 Å². The van der Waals surface area contributed by atoms with Crippen molar-refractivity contribution in [1.82, 2.24) is 19.7 Å². The van der Waals surface area contributed by atoms with Gasteiger partial charge in [-0.3, -0.25) is 14.4 Å². The standard InChI is InChI=1S/C23H22F3N5O4/c1-12-6-16(13-7-17(34-2)20(35-3)27-8-13)29-19-18(12)21(32)31(23(19,33)14-4-5-14)15-9-28-30(10-15)11-22(24,25)26/h6-10,14,33H,4-5,11H2,1-3H3. The Morgan fingerprint density at radius 1 is 1.20 bits per heavy atom. The maximum absolute atomic E-state index is 13.5. The molecule has 35 heavy (non-hydrogen) atoms. The van der Waals surface area contributed by atoms with Crippen molar-refractivity contribution in [3.8, 4) is 22.9 Å². The average Bonchev–Trinajstić information content (AvgIpc) is 3.53. The van der Waals surface area contributed by atoms with Gasteiger partial charge in [-0.15, -0.1) is 0 Å². The van der Waals surface area contributed by atoms with Gasteiger partial charge in [0.05, 0.1) is 37.4 Å². The van der Waals surface area contributed by atoms with Crippen molar-refractivity contribution in [3.05, 3.63) is 47.5 Å². The number of pyridine rings is 2. The van der Waals surface area contributed by atoms with Gasteiger partial charge in [-0.2, -0.15) is 18.3 Å². The number of carbonyl (C=O) groups is 1. The molecule has 12 heteroatoms. The molecule has 1 amide bonds. The van der Waals surface area contributed by atoms with Gasteiger partial charge in [-0.05, 0) is 37.5 Å². The molecule has 0 bridgehead atoms. The smallest absolute Gasteiger partial charge is 0.408 e. The number of aliphatic hydroxyl groups is 1. The third-order valence-corrected chi connectivity index (χ3v) is 6.22. The van der Waals surface area contributed by atoms with E-state index in [0.717, 1.165) is 17.3 Å². The minimum atomic E-state index is -4.48.